The highest BCUT2D eigenvalue weighted by Gasteiger charge is 2.51. The van der Waals surface area contributed by atoms with E-state index in [1.807, 2.05) is 115 Å². The third kappa shape index (κ3) is 10.1. The molecular formula is C40H54O5. The predicted octanol–water partition coefficient (Wildman–Crippen LogP) is 7.81. The van der Waals surface area contributed by atoms with Gasteiger partial charge in [0.1, 0.15) is 0 Å². The number of carbonyl (C=O) groups is 2. The van der Waals surface area contributed by atoms with Gasteiger partial charge in [-0.1, -0.05) is 148 Å². The molecule has 5 atom stereocenters. The van der Waals surface area contributed by atoms with Gasteiger partial charge in [-0.15, -0.1) is 0 Å². The van der Waals surface area contributed by atoms with Crippen molar-refractivity contribution in [3.8, 4) is 0 Å². The lowest BCUT2D eigenvalue weighted by atomic mass is 9.62. The molecule has 0 spiro atoms. The number of aliphatic hydroxyl groups excluding tert-OH is 3. The lowest BCUT2D eigenvalue weighted by Gasteiger charge is -2.40. The number of hydrogen-bond acceptors (Lipinski definition) is 5. The summed E-state index contributed by atoms with van der Waals surface area (Å²) in [5, 5.41) is 30.5. The predicted molar refractivity (Wildman–Crippen MR) is 186 cm³/mol. The smallest absolute Gasteiger partial charge is 0.175 e. The Morgan fingerprint density at radius 2 is 1.18 bits per heavy atom. The molecule has 45 heavy (non-hydrogen) atoms. The van der Waals surface area contributed by atoms with Gasteiger partial charge in [-0.25, -0.2) is 0 Å². The van der Waals surface area contributed by atoms with E-state index in [1.54, 1.807) is 20.8 Å². The van der Waals surface area contributed by atoms with Crippen molar-refractivity contribution in [1.82, 2.24) is 0 Å². The van der Waals surface area contributed by atoms with Crippen molar-refractivity contribution >= 4 is 11.6 Å². The van der Waals surface area contributed by atoms with Crippen LogP contribution in [0.15, 0.2) is 119 Å². The normalized spacial score (nSPS) is 29.1. The SMILES string of the molecule is CC(C=CC=C(C)C=CC1=C(C)C[C@@H](O)[C@H](O)C1(C)C)=CC=CC=C(C)C=CC=C(C)C=CC1C(C)C(=O)[C@H](O)C(=O)C1(C)C. The third-order valence-corrected chi connectivity index (χ3v) is 9.09. The number of aliphatic hydroxyl groups is 3. The average molecular weight is 615 g/mol. The summed E-state index contributed by atoms with van der Waals surface area (Å²) in [4.78, 5) is 24.7. The Bertz CT molecular complexity index is 1410. The lowest BCUT2D eigenvalue weighted by molar-refractivity contribution is -0.155. The van der Waals surface area contributed by atoms with Crippen molar-refractivity contribution in [2.45, 2.75) is 94.0 Å². The molecule has 5 heteroatoms. The van der Waals surface area contributed by atoms with Crippen LogP contribution in [0.5, 0.6) is 0 Å². The maximum Gasteiger partial charge on any atom is 0.175 e. The van der Waals surface area contributed by atoms with Gasteiger partial charge in [0.15, 0.2) is 17.7 Å². The minimum atomic E-state index is -1.52. The van der Waals surface area contributed by atoms with Gasteiger partial charge in [-0.2, -0.15) is 0 Å². The lowest BCUT2D eigenvalue weighted by Crippen LogP contribution is -2.53. The van der Waals surface area contributed by atoms with Crippen LogP contribution >= 0.6 is 0 Å². The van der Waals surface area contributed by atoms with Crippen LogP contribution in [0.25, 0.3) is 0 Å². The maximum absolute atomic E-state index is 12.5. The van der Waals surface area contributed by atoms with Crippen LogP contribution in [-0.4, -0.2) is 45.2 Å². The average Bonchev–Trinajstić information content (AvgIpc) is 2.96. The molecule has 0 amide bonds. The summed E-state index contributed by atoms with van der Waals surface area (Å²) in [6.45, 7) is 19.4. The molecule has 2 rings (SSSR count). The van der Waals surface area contributed by atoms with Crippen molar-refractivity contribution in [3.05, 3.63) is 119 Å². The number of hydrogen-bond donors (Lipinski definition) is 3. The van der Waals surface area contributed by atoms with E-state index in [4.69, 9.17) is 0 Å². The van der Waals surface area contributed by atoms with Crippen molar-refractivity contribution in [2.24, 2.45) is 22.7 Å². The molecule has 0 aromatic heterocycles. The monoisotopic (exact) mass is 614 g/mol. The topological polar surface area (TPSA) is 94.8 Å². The van der Waals surface area contributed by atoms with E-state index in [2.05, 4.69) is 18.2 Å². The second-order valence-corrected chi connectivity index (χ2v) is 13.8. The Kier molecular flexibility index (Phi) is 13.7. The summed E-state index contributed by atoms with van der Waals surface area (Å²) in [6, 6.07) is 0. The van der Waals surface area contributed by atoms with E-state index in [9.17, 15) is 24.9 Å². The fraction of sp³-hybridized carbons (Fsp3) is 0.450. The molecule has 0 saturated heterocycles. The molecule has 0 aliphatic heterocycles. The van der Waals surface area contributed by atoms with Crippen molar-refractivity contribution in [2.75, 3.05) is 0 Å². The van der Waals surface area contributed by atoms with Gasteiger partial charge in [0.25, 0.3) is 0 Å². The van der Waals surface area contributed by atoms with Crippen LogP contribution in [0.2, 0.25) is 0 Å². The van der Waals surface area contributed by atoms with Gasteiger partial charge in [0, 0.05) is 16.7 Å². The molecule has 0 aromatic rings. The van der Waals surface area contributed by atoms with Gasteiger partial charge < -0.3 is 15.3 Å². The van der Waals surface area contributed by atoms with Gasteiger partial charge in [-0.3, -0.25) is 9.59 Å². The molecular weight excluding hydrogens is 560 g/mol. The van der Waals surface area contributed by atoms with E-state index in [1.165, 1.54) is 0 Å². The Morgan fingerprint density at radius 3 is 1.71 bits per heavy atom. The highest BCUT2D eigenvalue weighted by atomic mass is 16.3. The van der Waals surface area contributed by atoms with E-state index < -0.39 is 46.6 Å². The van der Waals surface area contributed by atoms with E-state index in [-0.39, 0.29) is 5.92 Å². The molecule has 5 nitrogen and oxygen atoms in total. The molecule has 3 N–H and O–H groups in total. The quantitative estimate of drug-likeness (QED) is 0.172. The molecule has 2 unspecified atom stereocenters. The molecule has 244 valence electrons. The summed E-state index contributed by atoms with van der Waals surface area (Å²) in [5.74, 6) is -1.50. The Labute approximate surface area is 271 Å². The molecule has 0 aromatic carbocycles. The number of Topliss-reactive ketones (excluding diaryl/α,β-unsaturated/α-hetero) is 2. The fourth-order valence-corrected chi connectivity index (χ4v) is 6.00. The molecule has 1 fully saturated rings. The second-order valence-electron chi connectivity index (χ2n) is 13.8. The summed E-state index contributed by atoms with van der Waals surface area (Å²) < 4.78 is 0. The first-order valence-electron chi connectivity index (χ1n) is 15.8. The summed E-state index contributed by atoms with van der Waals surface area (Å²) in [6.07, 6.45) is 25.6. The van der Waals surface area contributed by atoms with E-state index in [0.29, 0.717) is 6.42 Å². The van der Waals surface area contributed by atoms with Crippen molar-refractivity contribution in [1.29, 1.82) is 0 Å². The van der Waals surface area contributed by atoms with Crippen LogP contribution in [0.4, 0.5) is 0 Å². The minimum absolute atomic E-state index is 0.267. The molecule has 0 heterocycles. The van der Waals surface area contributed by atoms with Gasteiger partial charge in [0.05, 0.1) is 12.2 Å². The van der Waals surface area contributed by atoms with E-state index >= 15 is 0 Å². The van der Waals surface area contributed by atoms with Gasteiger partial charge >= 0.3 is 0 Å². The number of allylic oxidation sites excluding steroid dienone is 18. The zero-order valence-corrected chi connectivity index (χ0v) is 28.8. The highest BCUT2D eigenvalue weighted by Crippen LogP contribution is 2.42. The number of carbonyl (C=O) groups excluding carboxylic acids is 2. The first-order chi connectivity index (χ1) is 20.9. The van der Waals surface area contributed by atoms with Gasteiger partial charge in [0.2, 0.25) is 0 Å². The molecule has 2 aliphatic carbocycles. The van der Waals surface area contributed by atoms with Gasteiger partial charge in [-0.05, 0) is 52.5 Å². The second kappa shape index (κ2) is 16.3. The highest BCUT2D eigenvalue weighted by molar-refractivity contribution is 6.10. The van der Waals surface area contributed by atoms with Crippen LogP contribution in [0.1, 0.15) is 75.7 Å². The molecule has 1 saturated carbocycles. The van der Waals surface area contributed by atoms with Crippen molar-refractivity contribution in [3.63, 3.8) is 0 Å². The Morgan fingerprint density at radius 1 is 0.711 bits per heavy atom. The largest absolute Gasteiger partial charge is 0.390 e. The summed E-state index contributed by atoms with van der Waals surface area (Å²) >= 11 is 0. The zero-order chi connectivity index (χ0) is 34.1. The standard InChI is InChI=1S/C40H54O5/c1-26(17-13-19-28(3)21-23-32-30(5)25-34(41)37(44)39(32,7)8)15-11-12-16-27(2)18-14-20-29(4)22-24-33-31(6)35(42)36(43)38(45)40(33,9)10/h11-24,31,33-34,36-37,41,43-44H,25H2,1-10H3/t31?,33?,34-,36+,37+/m1/s1. The first-order valence-corrected chi connectivity index (χ1v) is 15.8. The number of ketones is 2. The van der Waals surface area contributed by atoms with Crippen LogP contribution in [-0.2, 0) is 9.59 Å². The summed E-state index contributed by atoms with van der Waals surface area (Å²) in [7, 11) is 0. The third-order valence-electron chi connectivity index (χ3n) is 9.09. The van der Waals surface area contributed by atoms with Crippen LogP contribution in [0.3, 0.4) is 0 Å². The van der Waals surface area contributed by atoms with Crippen LogP contribution < -0.4 is 0 Å². The maximum atomic E-state index is 12.5. The Hall–Kier alpha value is -3.38. The zero-order valence-electron chi connectivity index (χ0n) is 28.8. The van der Waals surface area contributed by atoms with Crippen molar-refractivity contribution < 1.29 is 24.9 Å². The number of rotatable bonds is 10. The molecule has 2 aliphatic rings. The Balaban J connectivity index is 1.94. The van der Waals surface area contributed by atoms with Crippen LogP contribution in [0, 0.1) is 22.7 Å². The van der Waals surface area contributed by atoms with E-state index in [0.717, 1.165) is 33.4 Å². The minimum Gasteiger partial charge on any atom is -0.390 e. The molecule has 0 bridgehead atoms. The summed E-state index contributed by atoms with van der Waals surface area (Å²) in [5.41, 5.74) is 5.18. The molecule has 0 radical (unpaired) electrons. The fourth-order valence-electron chi connectivity index (χ4n) is 6.00. The first kappa shape index (κ1) is 37.8.